The number of hydrogen-bond acceptors (Lipinski definition) is 4. The van der Waals surface area contributed by atoms with Crippen LogP contribution in [0, 0.1) is 18.2 Å². The fourth-order valence-electron chi connectivity index (χ4n) is 5.74. The molecule has 0 spiro atoms. The third-order valence-corrected chi connectivity index (χ3v) is 8.25. The maximum atomic E-state index is 14.0. The number of pyridine rings is 1. The minimum atomic E-state index is -0.407. The van der Waals surface area contributed by atoms with Gasteiger partial charge in [0.2, 0.25) is 0 Å². The maximum Gasteiger partial charge on any atom is 0.311 e. The molecule has 3 aliphatic rings. The Morgan fingerprint density at radius 2 is 1.76 bits per heavy atom. The van der Waals surface area contributed by atoms with Crippen molar-refractivity contribution >= 4 is 38.7 Å². The van der Waals surface area contributed by atoms with E-state index in [1.165, 1.54) is 19.2 Å². The first kappa shape index (κ1) is 23.0. The number of methoxy groups -OCH3 is 1. The molecule has 0 atom stereocenters. The molecule has 5 nitrogen and oxygen atoms in total. The second-order valence-corrected chi connectivity index (χ2v) is 10.6. The van der Waals surface area contributed by atoms with Crippen molar-refractivity contribution in [1.82, 2.24) is 10.3 Å². The first-order valence-electron chi connectivity index (χ1n) is 11.5. The van der Waals surface area contributed by atoms with Gasteiger partial charge in [0, 0.05) is 21.0 Å². The quantitative estimate of drug-likeness (QED) is 0.418. The molecule has 3 fully saturated rings. The number of benzene rings is 2. The summed E-state index contributed by atoms with van der Waals surface area (Å²) in [5.41, 5.74) is 2.42. The molecule has 0 radical (unpaired) electrons. The minimum Gasteiger partial charge on any atom is -0.469 e. The Labute approximate surface area is 206 Å². The molecular weight excluding hydrogens is 499 g/mol. The van der Waals surface area contributed by atoms with Crippen LogP contribution in [0.1, 0.15) is 54.4 Å². The normalized spacial score (nSPS) is 23.6. The van der Waals surface area contributed by atoms with Crippen molar-refractivity contribution in [2.24, 2.45) is 5.41 Å². The Morgan fingerprint density at radius 3 is 2.41 bits per heavy atom. The van der Waals surface area contributed by atoms with Crippen LogP contribution in [0.4, 0.5) is 4.39 Å². The van der Waals surface area contributed by atoms with Crippen LogP contribution in [0.2, 0.25) is 0 Å². The summed E-state index contributed by atoms with van der Waals surface area (Å²) in [4.78, 5) is 31.0. The van der Waals surface area contributed by atoms with Crippen molar-refractivity contribution in [3.05, 3.63) is 63.9 Å². The summed E-state index contributed by atoms with van der Waals surface area (Å²) in [6.45, 7) is 1.87. The van der Waals surface area contributed by atoms with E-state index in [0.717, 1.165) is 48.4 Å². The molecule has 7 heteroatoms. The molecule has 6 rings (SSSR count). The molecule has 1 aromatic heterocycles. The van der Waals surface area contributed by atoms with Gasteiger partial charge in [-0.15, -0.1) is 0 Å². The third kappa shape index (κ3) is 3.80. The first-order chi connectivity index (χ1) is 16.3. The Kier molecular flexibility index (Phi) is 5.71. The van der Waals surface area contributed by atoms with Crippen LogP contribution in [0.5, 0.6) is 0 Å². The van der Waals surface area contributed by atoms with E-state index in [-0.39, 0.29) is 23.2 Å². The lowest BCUT2D eigenvalue weighted by Crippen LogP contribution is -2.58. The first-order valence-corrected chi connectivity index (χ1v) is 12.3. The molecule has 1 N–H and O–H groups in total. The zero-order valence-electron chi connectivity index (χ0n) is 19.2. The summed E-state index contributed by atoms with van der Waals surface area (Å²) in [7, 11) is 1.45. The van der Waals surface area contributed by atoms with Crippen LogP contribution in [-0.4, -0.2) is 29.5 Å². The lowest BCUT2D eigenvalue weighted by molar-refractivity contribution is -0.160. The Bertz CT molecular complexity index is 1300. The molecule has 2 aromatic carbocycles. The number of nitrogens with one attached hydrogen (secondary N) is 1. The van der Waals surface area contributed by atoms with Gasteiger partial charge < -0.3 is 10.1 Å². The highest BCUT2D eigenvalue weighted by molar-refractivity contribution is 9.10. The van der Waals surface area contributed by atoms with Gasteiger partial charge in [-0.3, -0.25) is 9.59 Å². The highest BCUT2D eigenvalue weighted by atomic mass is 79.9. The summed E-state index contributed by atoms with van der Waals surface area (Å²) in [5.74, 6) is -0.640. The fourth-order valence-corrected chi connectivity index (χ4v) is 6.10. The number of rotatable bonds is 4. The number of esters is 1. The van der Waals surface area contributed by atoms with Crippen molar-refractivity contribution in [3.63, 3.8) is 0 Å². The van der Waals surface area contributed by atoms with Gasteiger partial charge in [0.1, 0.15) is 5.82 Å². The van der Waals surface area contributed by atoms with Crippen molar-refractivity contribution in [3.8, 4) is 11.3 Å². The number of nitrogens with zero attached hydrogens (tertiary/aromatic N) is 1. The van der Waals surface area contributed by atoms with E-state index in [0.29, 0.717) is 27.9 Å². The lowest BCUT2D eigenvalue weighted by Gasteiger charge is -2.52. The Morgan fingerprint density at radius 1 is 1.06 bits per heavy atom. The second kappa shape index (κ2) is 8.45. The summed E-state index contributed by atoms with van der Waals surface area (Å²) in [6.07, 6.45) is 4.39. The van der Waals surface area contributed by atoms with Crippen LogP contribution in [-0.2, 0) is 9.53 Å². The molecule has 34 heavy (non-hydrogen) atoms. The predicted molar refractivity (Wildman–Crippen MR) is 132 cm³/mol. The van der Waals surface area contributed by atoms with E-state index < -0.39 is 5.41 Å². The van der Waals surface area contributed by atoms with Gasteiger partial charge in [-0.25, -0.2) is 9.37 Å². The zero-order valence-corrected chi connectivity index (χ0v) is 20.8. The number of carbonyl (C=O) groups excluding carboxylic acids is 2. The van der Waals surface area contributed by atoms with Gasteiger partial charge in [-0.1, -0.05) is 28.1 Å². The fraction of sp³-hybridized carbons (Fsp3) is 0.370. The lowest BCUT2D eigenvalue weighted by atomic mass is 9.57. The van der Waals surface area contributed by atoms with Crippen molar-refractivity contribution in [2.45, 2.75) is 51.0 Å². The molecule has 176 valence electrons. The van der Waals surface area contributed by atoms with Crippen molar-refractivity contribution in [2.75, 3.05) is 7.11 Å². The number of fused-ring (bicyclic) bond motifs is 4. The molecule has 1 amide bonds. The van der Waals surface area contributed by atoms with Crippen LogP contribution in [0.15, 0.2) is 46.9 Å². The van der Waals surface area contributed by atoms with E-state index in [4.69, 9.17) is 9.72 Å². The smallest absolute Gasteiger partial charge is 0.311 e. The number of ether oxygens (including phenoxy) is 1. The highest BCUT2D eigenvalue weighted by Crippen LogP contribution is 2.53. The minimum absolute atomic E-state index is 0.132. The van der Waals surface area contributed by atoms with Gasteiger partial charge in [0.25, 0.3) is 5.91 Å². The third-order valence-electron chi connectivity index (χ3n) is 7.76. The number of amides is 1. The van der Waals surface area contributed by atoms with Gasteiger partial charge in [-0.05, 0) is 81.3 Å². The van der Waals surface area contributed by atoms with Gasteiger partial charge >= 0.3 is 5.97 Å². The van der Waals surface area contributed by atoms with Gasteiger partial charge in [0.05, 0.1) is 29.3 Å². The summed E-state index contributed by atoms with van der Waals surface area (Å²) in [5, 5.41) is 4.09. The monoisotopic (exact) mass is 524 g/mol. The molecule has 3 aromatic rings. The van der Waals surface area contributed by atoms with E-state index >= 15 is 0 Å². The van der Waals surface area contributed by atoms with Gasteiger partial charge in [0.15, 0.2) is 0 Å². The topological polar surface area (TPSA) is 68.3 Å². The predicted octanol–water partition coefficient (Wildman–Crippen LogP) is 6.11. The number of hydrogen-bond donors (Lipinski definition) is 1. The average Bonchev–Trinajstić information content (AvgIpc) is 2.84. The largest absolute Gasteiger partial charge is 0.469 e. The molecule has 0 unspecified atom stereocenters. The maximum absolute atomic E-state index is 14.0. The zero-order chi connectivity index (χ0) is 24.1. The van der Waals surface area contributed by atoms with E-state index in [9.17, 15) is 14.0 Å². The molecule has 0 saturated heterocycles. The molecule has 2 bridgehead atoms. The van der Waals surface area contributed by atoms with Crippen LogP contribution >= 0.6 is 15.9 Å². The van der Waals surface area contributed by atoms with Crippen LogP contribution in [0.3, 0.4) is 0 Å². The summed E-state index contributed by atoms with van der Waals surface area (Å²) >= 11 is 3.52. The summed E-state index contributed by atoms with van der Waals surface area (Å²) < 4.78 is 19.9. The second-order valence-electron chi connectivity index (χ2n) is 9.64. The van der Waals surface area contributed by atoms with Crippen LogP contribution < -0.4 is 5.32 Å². The van der Waals surface area contributed by atoms with E-state index in [1.54, 1.807) is 12.1 Å². The average molecular weight is 525 g/mol. The molecule has 3 aliphatic carbocycles. The number of aromatic nitrogens is 1. The van der Waals surface area contributed by atoms with Crippen LogP contribution in [0.25, 0.3) is 22.2 Å². The molecule has 3 saturated carbocycles. The molecule has 1 heterocycles. The summed E-state index contributed by atoms with van der Waals surface area (Å²) in [6, 6.07) is 11.9. The number of halogens is 2. The van der Waals surface area contributed by atoms with Gasteiger partial charge in [-0.2, -0.15) is 0 Å². The molecular formula is C27H26BrFN2O3. The Hall–Kier alpha value is -2.80. The highest BCUT2D eigenvalue weighted by Gasteiger charge is 2.53. The standard InChI is InChI=1S/C27H26BrFN2O3/c1-16-22(24(32)31-27-11-8-26(9-12-27,10-13-27)25(33)34-2)20-15-18(28)6-7-21(20)30-23(16)17-4-3-5-19(29)14-17/h3-7,14-15H,8-13H2,1-2H3,(H,31,32). The van der Waals surface area contributed by atoms with E-state index in [2.05, 4.69) is 21.2 Å². The van der Waals surface area contributed by atoms with Crippen molar-refractivity contribution < 1.29 is 18.7 Å². The van der Waals surface area contributed by atoms with Crippen molar-refractivity contribution in [1.29, 1.82) is 0 Å². The van der Waals surface area contributed by atoms with E-state index in [1.807, 2.05) is 25.1 Å². The number of carbonyl (C=O) groups is 2. The SMILES string of the molecule is COC(=O)C12CCC(NC(=O)c3c(C)c(-c4cccc(F)c4)nc4ccc(Br)cc34)(CC1)CC2. The molecule has 0 aliphatic heterocycles. The Balaban J connectivity index is 1.54.